The van der Waals surface area contributed by atoms with Gasteiger partial charge in [-0.1, -0.05) is 0 Å². The lowest BCUT2D eigenvalue weighted by atomic mass is 10.0. The maximum atomic E-state index is 11.5. The van der Waals surface area contributed by atoms with Crippen molar-refractivity contribution in [3.63, 3.8) is 0 Å². The van der Waals surface area contributed by atoms with Crippen LogP contribution < -0.4 is 14.8 Å². The fraction of sp³-hybridized carbons (Fsp3) is 0.261. The number of fused-ring (bicyclic) bond motifs is 1. The van der Waals surface area contributed by atoms with E-state index in [1.54, 1.807) is 25.5 Å². The number of nitrogens with zero attached hydrogens (tertiary/aromatic N) is 2. The fourth-order valence-corrected chi connectivity index (χ4v) is 4.51. The van der Waals surface area contributed by atoms with E-state index in [1.807, 2.05) is 19.1 Å². The van der Waals surface area contributed by atoms with Gasteiger partial charge in [-0.25, -0.2) is 14.8 Å². The standard InChI is InChI=1S/C23H23N3O5S/c1-4-30-19-11-20(32-22(19)23(27)28)16-9-21(26-12-25-16)24-7-5-14-13(2)15-6-8-31-18(15)10-17(14)29-3/h6,8-12H,4-5,7H2,1-3H3,(H,27,28)(H,24,25,26). The van der Waals surface area contributed by atoms with Crippen molar-refractivity contribution in [1.29, 1.82) is 0 Å². The third kappa shape index (κ3) is 4.24. The van der Waals surface area contributed by atoms with E-state index in [0.717, 1.165) is 45.6 Å². The molecule has 0 aliphatic rings. The van der Waals surface area contributed by atoms with Crippen molar-refractivity contribution in [2.24, 2.45) is 0 Å². The van der Waals surface area contributed by atoms with Crippen molar-refractivity contribution in [3.8, 4) is 22.1 Å². The molecule has 0 spiro atoms. The van der Waals surface area contributed by atoms with E-state index in [0.29, 0.717) is 35.3 Å². The number of hydrogen-bond donors (Lipinski definition) is 2. The molecule has 0 aliphatic carbocycles. The molecular weight excluding hydrogens is 430 g/mol. The summed E-state index contributed by atoms with van der Waals surface area (Å²) < 4.78 is 16.5. The number of aryl methyl sites for hydroxylation is 1. The van der Waals surface area contributed by atoms with E-state index in [2.05, 4.69) is 22.2 Å². The normalized spacial score (nSPS) is 11.0. The molecule has 3 heterocycles. The Kier molecular flexibility index (Phi) is 6.27. The van der Waals surface area contributed by atoms with Crippen molar-refractivity contribution >= 4 is 34.1 Å². The van der Waals surface area contributed by atoms with E-state index in [1.165, 1.54) is 6.33 Å². The molecule has 4 rings (SSSR count). The van der Waals surface area contributed by atoms with Crippen LogP contribution >= 0.6 is 11.3 Å². The molecule has 0 saturated heterocycles. The largest absolute Gasteiger partial charge is 0.496 e. The highest BCUT2D eigenvalue weighted by Crippen LogP contribution is 2.36. The van der Waals surface area contributed by atoms with Crippen LogP contribution in [0.4, 0.5) is 5.82 Å². The highest BCUT2D eigenvalue weighted by molar-refractivity contribution is 7.17. The lowest BCUT2D eigenvalue weighted by Crippen LogP contribution is -2.08. The van der Waals surface area contributed by atoms with Crippen LogP contribution in [0.25, 0.3) is 21.5 Å². The van der Waals surface area contributed by atoms with Crippen molar-refractivity contribution in [2.75, 3.05) is 25.6 Å². The Morgan fingerprint density at radius 3 is 2.84 bits per heavy atom. The topological polar surface area (TPSA) is 107 Å². The highest BCUT2D eigenvalue weighted by Gasteiger charge is 2.18. The molecule has 1 aromatic carbocycles. The van der Waals surface area contributed by atoms with Crippen LogP contribution in [-0.4, -0.2) is 41.3 Å². The van der Waals surface area contributed by atoms with E-state index < -0.39 is 5.97 Å². The molecule has 9 heteroatoms. The van der Waals surface area contributed by atoms with Crippen LogP contribution in [0.2, 0.25) is 0 Å². The van der Waals surface area contributed by atoms with Crippen molar-refractivity contribution in [1.82, 2.24) is 9.97 Å². The van der Waals surface area contributed by atoms with Crippen LogP contribution in [0.3, 0.4) is 0 Å². The molecule has 0 bridgehead atoms. The van der Waals surface area contributed by atoms with Gasteiger partial charge < -0.3 is 24.3 Å². The van der Waals surface area contributed by atoms with Gasteiger partial charge in [-0.2, -0.15) is 0 Å². The van der Waals surface area contributed by atoms with Crippen molar-refractivity contribution in [2.45, 2.75) is 20.3 Å². The molecule has 4 aromatic rings. The van der Waals surface area contributed by atoms with Gasteiger partial charge in [0.1, 0.15) is 29.2 Å². The number of hydrogen-bond acceptors (Lipinski definition) is 8. The summed E-state index contributed by atoms with van der Waals surface area (Å²) in [5.74, 6) is 0.777. The van der Waals surface area contributed by atoms with Crippen LogP contribution in [0.1, 0.15) is 27.7 Å². The monoisotopic (exact) mass is 453 g/mol. The van der Waals surface area contributed by atoms with Crippen LogP contribution in [-0.2, 0) is 6.42 Å². The molecule has 166 valence electrons. The smallest absolute Gasteiger partial charge is 0.349 e. The summed E-state index contributed by atoms with van der Waals surface area (Å²) in [6, 6.07) is 7.38. The SMILES string of the molecule is CCOc1cc(-c2cc(NCCc3c(OC)cc4occc4c3C)ncn2)sc1C(=O)O. The molecular formula is C23H23N3O5S. The minimum atomic E-state index is -1.02. The third-order valence-electron chi connectivity index (χ3n) is 5.12. The first-order valence-electron chi connectivity index (χ1n) is 10.1. The zero-order valence-electron chi connectivity index (χ0n) is 18.0. The van der Waals surface area contributed by atoms with Gasteiger partial charge >= 0.3 is 5.97 Å². The third-order valence-corrected chi connectivity index (χ3v) is 6.25. The number of aromatic carboxylic acids is 1. The second kappa shape index (κ2) is 9.27. The maximum Gasteiger partial charge on any atom is 0.349 e. The summed E-state index contributed by atoms with van der Waals surface area (Å²) in [6.07, 6.45) is 3.87. The Bertz CT molecular complexity index is 1260. The number of nitrogens with one attached hydrogen (secondary N) is 1. The number of carboxylic acid groups (broad SMARTS) is 1. The van der Waals surface area contributed by atoms with E-state index in [-0.39, 0.29) is 4.88 Å². The Morgan fingerprint density at radius 2 is 2.09 bits per heavy atom. The molecule has 0 aliphatic heterocycles. The number of benzene rings is 1. The number of methoxy groups -OCH3 is 1. The van der Waals surface area contributed by atoms with Crippen LogP contribution in [0.15, 0.2) is 41.3 Å². The molecule has 0 unspecified atom stereocenters. The molecule has 0 amide bonds. The zero-order valence-corrected chi connectivity index (χ0v) is 18.8. The lowest BCUT2D eigenvalue weighted by Gasteiger charge is -2.13. The van der Waals surface area contributed by atoms with Crippen molar-refractivity contribution in [3.05, 3.63) is 52.9 Å². The maximum absolute atomic E-state index is 11.5. The number of carboxylic acids is 1. The second-order valence-corrected chi connectivity index (χ2v) is 8.07. The minimum Gasteiger partial charge on any atom is -0.496 e. The first-order chi connectivity index (χ1) is 15.5. The molecule has 2 N–H and O–H groups in total. The number of rotatable bonds is 9. The van der Waals surface area contributed by atoms with Gasteiger partial charge in [-0.15, -0.1) is 11.3 Å². The summed E-state index contributed by atoms with van der Waals surface area (Å²) in [6.45, 7) is 4.90. The quantitative estimate of drug-likeness (QED) is 0.364. The van der Waals surface area contributed by atoms with E-state index >= 15 is 0 Å². The Morgan fingerprint density at radius 1 is 1.25 bits per heavy atom. The molecule has 0 atom stereocenters. The Hall–Kier alpha value is -3.59. The van der Waals surface area contributed by atoms with E-state index in [4.69, 9.17) is 13.9 Å². The van der Waals surface area contributed by atoms with Gasteiger partial charge in [0, 0.05) is 30.1 Å². The predicted molar refractivity (Wildman–Crippen MR) is 123 cm³/mol. The first-order valence-corrected chi connectivity index (χ1v) is 10.9. The second-order valence-electron chi connectivity index (χ2n) is 7.02. The first kappa shape index (κ1) is 21.6. The molecule has 0 fully saturated rings. The molecule has 32 heavy (non-hydrogen) atoms. The van der Waals surface area contributed by atoms with E-state index in [9.17, 15) is 9.90 Å². The molecule has 8 nitrogen and oxygen atoms in total. The fourth-order valence-electron chi connectivity index (χ4n) is 3.61. The summed E-state index contributed by atoms with van der Waals surface area (Å²) in [5.41, 5.74) is 3.67. The van der Waals surface area contributed by atoms with Gasteiger partial charge in [-0.3, -0.25) is 0 Å². The number of anilines is 1. The van der Waals surface area contributed by atoms with Gasteiger partial charge in [0.15, 0.2) is 4.88 Å². The summed E-state index contributed by atoms with van der Waals surface area (Å²) >= 11 is 1.13. The van der Waals surface area contributed by atoms with Crippen molar-refractivity contribution < 1.29 is 23.8 Å². The summed E-state index contributed by atoms with van der Waals surface area (Å²) in [5, 5.41) is 13.8. The zero-order chi connectivity index (χ0) is 22.7. The molecule has 3 aromatic heterocycles. The van der Waals surface area contributed by atoms with Gasteiger partial charge in [0.2, 0.25) is 0 Å². The number of carbonyl (C=O) groups is 1. The summed E-state index contributed by atoms with van der Waals surface area (Å²) in [4.78, 5) is 21.0. The predicted octanol–water partition coefficient (Wildman–Crippen LogP) is 5.02. The summed E-state index contributed by atoms with van der Waals surface area (Å²) in [7, 11) is 1.65. The minimum absolute atomic E-state index is 0.159. The molecule has 0 radical (unpaired) electrons. The van der Waals surface area contributed by atoms with Gasteiger partial charge in [-0.05, 0) is 37.5 Å². The number of furan rings is 1. The lowest BCUT2D eigenvalue weighted by molar-refractivity contribution is 0.0698. The Balaban J connectivity index is 1.51. The average molecular weight is 454 g/mol. The Labute approximate surface area is 188 Å². The molecule has 0 saturated carbocycles. The van der Waals surface area contributed by atoms with Crippen LogP contribution in [0.5, 0.6) is 11.5 Å². The van der Waals surface area contributed by atoms with Gasteiger partial charge in [0.05, 0.1) is 30.6 Å². The highest BCUT2D eigenvalue weighted by atomic mass is 32.1. The number of ether oxygens (including phenoxy) is 2. The number of thiophene rings is 1. The number of aromatic nitrogens is 2. The van der Waals surface area contributed by atoms with Gasteiger partial charge in [0.25, 0.3) is 0 Å². The average Bonchev–Trinajstić information content (AvgIpc) is 3.43. The van der Waals surface area contributed by atoms with Crippen LogP contribution in [0, 0.1) is 6.92 Å².